The Bertz CT molecular complexity index is 415. The Hall–Kier alpha value is -1.23. The first-order chi connectivity index (χ1) is 7.78. The van der Waals surface area contributed by atoms with Crippen molar-refractivity contribution in [1.82, 2.24) is 5.32 Å². The third-order valence-electron chi connectivity index (χ3n) is 1.85. The maximum absolute atomic E-state index is 12.8. The van der Waals surface area contributed by atoms with Crippen molar-refractivity contribution >= 4 is 23.4 Å². The molecule has 0 unspecified atom stereocenters. The van der Waals surface area contributed by atoms with Crippen molar-refractivity contribution in [1.29, 1.82) is 0 Å². The smallest absolute Gasteiger partial charge is 0.230 e. The van der Waals surface area contributed by atoms with Gasteiger partial charge in [-0.25, -0.2) is 4.39 Å². The van der Waals surface area contributed by atoms with Gasteiger partial charge >= 0.3 is 0 Å². The molecule has 0 aliphatic heterocycles. The van der Waals surface area contributed by atoms with Crippen molar-refractivity contribution in [3.05, 3.63) is 24.0 Å². The number of anilines is 1. The van der Waals surface area contributed by atoms with Crippen LogP contribution in [-0.2, 0) is 4.79 Å². The van der Waals surface area contributed by atoms with Crippen LogP contribution in [0.4, 0.5) is 10.1 Å². The number of nitrogens with one attached hydrogen (secondary N) is 1. The van der Waals surface area contributed by atoms with Crippen molar-refractivity contribution in [3.8, 4) is 0 Å². The van der Waals surface area contributed by atoms with Gasteiger partial charge in [-0.2, -0.15) is 0 Å². The van der Waals surface area contributed by atoms with Gasteiger partial charge in [0.25, 0.3) is 0 Å². The number of amides is 1. The van der Waals surface area contributed by atoms with Crippen molar-refractivity contribution < 1.29 is 9.18 Å². The molecule has 0 spiro atoms. The van der Waals surface area contributed by atoms with Crippen LogP contribution >= 0.6 is 11.8 Å². The SMILES string of the molecule is CC(C)(C)NC(=O)CSc1ccc(F)cc1N. The second-order valence-electron chi connectivity index (χ2n) is 4.77. The first kappa shape index (κ1) is 13.8. The van der Waals surface area contributed by atoms with E-state index in [2.05, 4.69) is 5.32 Å². The van der Waals surface area contributed by atoms with Gasteiger partial charge in [-0.1, -0.05) is 0 Å². The highest BCUT2D eigenvalue weighted by atomic mass is 32.2. The maximum Gasteiger partial charge on any atom is 0.230 e. The minimum atomic E-state index is -0.369. The first-order valence-electron chi connectivity index (χ1n) is 5.27. The Kier molecular flexibility index (Phi) is 4.40. The average Bonchev–Trinajstić information content (AvgIpc) is 2.13. The lowest BCUT2D eigenvalue weighted by molar-refractivity contribution is -0.119. The molecule has 0 aromatic heterocycles. The number of nitrogen functional groups attached to an aromatic ring is 1. The maximum atomic E-state index is 12.8. The lowest BCUT2D eigenvalue weighted by Gasteiger charge is -2.20. The summed E-state index contributed by atoms with van der Waals surface area (Å²) >= 11 is 1.30. The number of hydrogen-bond acceptors (Lipinski definition) is 3. The molecular formula is C12H17FN2OS. The largest absolute Gasteiger partial charge is 0.398 e. The summed E-state index contributed by atoms with van der Waals surface area (Å²) in [7, 11) is 0. The van der Waals surface area contributed by atoms with E-state index in [1.807, 2.05) is 20.8 Å². The third kappa shape index (κ3) is 5.08. The number of benzene rings is 1. The minimum Gasteiger partial charge on any atom is -0.398 e. The molecule has 0 aliphatic carbocycles. The Morgan fingerprint density at radius 2 is 2.12 bits per heavy atom. The highest BCUT2D eigenvalue weighted by Gasteiger charge is 2.14. The van der Waals surface area contributed by atoms with Crippen molar-refractivity contribution in [2.75, 3.05) is 11.5 Å². The number of nitrogens with two attached hydrogens (primary N) is 1. The van der Waals surface area contributed by atoms with E-state index in [0.29, 0.717) is 5.69 Å². The number of carbonyl (C=O) groups is 1. The summed E-state index contributed by atoms with van der Waals surface area (Å²) in [6, 6.07) is 4.17. The summed E-state index contributed by atoms with van der Waals surface area (Å²) in [5, 5.41) is 2.85. The van der Waals surface area contributed by atoms with Crippen LogP contribution in [0.15, 0.2) is 23.1 Å². The topological polar surface area (TPSA) is 55.1 Å². The Labute approximate surface area is 105 Å². The van der Waals surface area contributed by atoms with Crippen molar-refractivity contribution in [2.24, 2.45) is 0 Å². The zero-order valence-electron chi connectivity index (χ0n) is 10.2. The molecule has 1 amide bonds. The van der Waals surface area contributed by atoms with E-state index in [1.165, 1.54) is 23.9 Å². The molecule has 94 valence electrons. The van der Waals surface area contributed by atoms with Gasteiger partial charge in [-0.15, -0.1) is 11.8 Å². The van der Waals surface area contributed by atoms with Crippen LogP contribution in [0.25, 0.3) is 0 Å². The molecule has 3 N–H and O–H groups in total. The summed E-state index contributed by atoms with van der Waals surface area (Å²) in [6.45, 7) is 5.76. The Morgan fingerprint density at radius 1 is 1.47 bits per heavy atom. The van der Waals surface area contributed by atoms with Crippen LogP contribution in [0.5, 0.6) is 0 Å². The summed E-state index contributed by atoms with van der Waals surface area (Å²) in [5.41, 5.74) is 5.76. The molecule has 1 rings (SSSR count). The lowest BCUT2D eigenvalue weighted by atomic mass is 10.1. The fraction of sp³-hybridized carbons (Fsp3) is 0.417. The number of thioether (sulfide) groups is 1. The van der Waals surface area contributed by atoms with Crippen molar-refractivity contribution in [2.45, 2.75) is 31.2 Å². The summed E-state index contributed by atoms with van der Waals surface area (Å²) in [5.74, 6) is -0.162. The molecule has 5 heteroatoms. The van der Waals surface area contributed by atoms with Crippen LogP contribution in [-0.4, -0.2) is 17.2 Å². The minimum absolute atomic E-state index is 0.0637. The normalized spacial score (nSPS) is 11.3. The third-order valence-corrected chi connectivity index (χ3v) is 2.93. The summed E-state index contributed by atoms with van der Waals surface area (Å²) in [4.78, 5) is 12.3. The van der Waals surface area contributed by atoms with E-state index in [0.717, 1.165) is 4.90 Å². The van der Waals surface area contributed by atoms with E-state index in [-0.39, 0.29) is 23.0 Å². The quantitative estimate of drug-likeness (QED) is 0.645. The average molecular weight is 256 g/mol. The molecule has 0 heterocycles. The van der Waals surface area contributed by atoms with E-state index < -0.39 is 0 Å². The molecule has 0 atom stereocenters. The molecule has 0 saturated heterocycles. The van der Waals surface area contributed by atoms with Crippen LogP contribution in [0.2, 0.25) is 0 Å². The molecule has 3 nitrogen and oxygen atoms in total. The van der Waals surface area contributed by atoms with Gasteiger partial charge in [0.15, 0.2) is 0 Å². The highest BCUT2D eigenvalue weighted by molar-refractivity contribution is 8.00. The van der Waals surface area contributed by atoms with Crippen LogP contribution in [0, 0.1) is 5.82 Å². The number of carbonyl (C=O) groups excluding carboxylic acids is 1. The van der Waals surface area contributed by atoms with Crippen LogP contribution < -0.4 is 11.1 Å². The Balaban J connectivity index is 2.53. The first-order valence-corrected chi connectivity index (χ1v) is 6.25. The van der Waals surface area contributed by atoms with Gasteiger partial charge in [0.05, 0.1) is 5.75 Å². The monoisotopic (exact) mass is 256 g/mol. The molecule has 0 bridgehead atoms. The molecule has 0 aliphatic rings. The molecule has 17 heavy (non-hydrogen) atoms. The van der Waals surface area contributed by atoms with Gasteiger partial charge in [0, 0.05) is 16.1 Å². The van der Waals surface area contributed by atoms with Gasteiger partial charge in [0.1, 0.15) is 5.82 Å². The standard InChI is InChI=1S/C12H17FN2OS/c1-12(2,3)15-11(16)7-17-10-5-4-8(13)6-9(10)14/h4-6H,7,14H2,1-3H3,(H,15,16). The summed E-state index contributed by atoms with van der Waals surface area (Å²) < 4.78 is 12.8. The molecule has 1 aromatic rings. The van der Waals surface area contributed by atoms with Crippen LogP contribution in [0.1, 0.15) is 20.8 Å². The predicted molar refractivity (Wildman–Crippen MR) is 69.4 cm³/mol. The lowest BCUT2D eigenvalue weighted by Crippen LogP contribution is -2.41. The summed E-state index contributed by atoms with van der Waals surface area (Å²) in [6.07, 6.45) is 0. The van der Waals surface area contributed by atoms with Gasteiger partial charge in [-0.05, 0) is 39.0 Å². The molecule has 1 aromatic carbocycles. The second kappa shape index (κ2) is 5.40. The van der Waals surface area contributed by atoms with Crippen LogP contribution in [0.3, 0.4) is 0 Å². The number of halogens is 1. The predicted octanol–water partition coefficient (Wildman–Crippen LogP) is 2.41. The molecular weight excluding hydrogens is 239 g/mol. The molecule has 0 saturated carbocycles. The van der Waals surface area contributed by atoms with Crippen molar-refractivity contribution in [3.63, 3.8) is 0 Å². The van der Waals surface area contributed by atoms with E-state index in [1.54, 1.807) is 6.07 Å². The zero-order chi connectivity index (χ0) is 13.1. The van der Waals surface area contributed by atoms with Gasteiger partial charge in [-0.3, -0.25) is 4.79 Å². The van der Waals surface area contributed by atoms with E-state index >= 15 is 0 Å². The van der Waals surface area contributed by atoms with Gasteiger partial charge < -0.3 is 11.1 Å². The van der Waals surface area contributed by atoms with E-state index in [9.17, 15) is 9.18 Å². The molecule has 0 radical (unpaired) electrons. The van der Waals surface area contributed by atoms with E-state index in [4.69, 9.17) is 5.73 Å². The fourth-order valence-electron chi connectivity index (χ4n) is 1.25. The Morgan fingerprint density at radius 3 is 2.65 bits per heavy atom. The number of hydrogen-bond donors (Lipinski definition) is 2. The molecule has 0 fully saturated rings. The second-order valence-corrected chi connectivity index (χ2v) is 5.79. The fourth-order valence-corrected chi connectivity index (χ4v) is 2.00. The number of rotatable bonds is 3. The highest BCUT2D eigenvalue weighted by Crippen LogP contribution is 2.25. The van der Waals surface area contributed by atoms with Gasteiger partial charge in [0.2, 0.25) is 5.91 Å². The zero-order valence-corrected chi connectivity index (χ0v) is 11.0.